The lowest BCUT2D eigenvalue weighted by Crippen LogP contribution is -2.38. The highest BCUT2D eigenvalue weighted by atomic mass is 16.2. The number of carbonyl (C=O) groups is 2. The first-order chi connectivity index (χ1) is 21.9. The average Bonchev–Trinajstić information content (AvgIpc) is 3.71. The SMILES string of the molecule is CC1(C)Cc2cc3[nH]c(cc4nc(cc5[nH]c(cc1n2)cc5C(=O)N(CCN)CCN)CC4(C)C)cc3C(=O)N(CCN)CCN. The second kappa shape index (κ2) is 13.3. The summed E-state index contributed by atoms with van der Waals surface area (Å²) in [5.74, 6) is -0.265. The van der Waals surface area contributed by atoms with Crippen LogP contribution >= 0.6 is 0 Å². The lowest BCUT2D eigenvalue weighted by Gasteiger charge is -2.20. The zero-order chi connectivity index (χ0) is 33.2. The standard InChI is InChI=1S/C34H48N10O2/c1-33(2)19-23-15-27-26(32(46)44(11-7-37)12-8-38)14-22(40-27)18-30-34(3,4)20-24(42-30)16-28-25(13-21(39-28)17-29(33)41-23)31(45)43(9-5-35)10-6-36/h13-18,39-40H,5-12,19-20,35-38H2,1-4H3. The third-order valence-electron chi connectivity index (χ3n) is 8.74. The molecule has 46 heavy (non-hydrogen) atoms. The molecule has 12 heteroatoms. The molecular formula is C34H48N10O2. The van der Waals surface area contributed by atoms with E-state index in [1.807, 2.05) is 36.4 Å². The second-order valence-corrected chi connectivity index (χ2v) is 13.5. The first-order valence-corrected chi connectivity index (χ1v) is 16.0. The lowest BCUT2D eigenvalue weighted by atomic mass is 9.87. The van der Waals surface area contributed by atoms with Gasteiger partial charge in [0.05, 0.1) is 22.2 Å². The van der Waals surface area contributed by atoms with E-state index in [-0.39, 0.29) is 22.6 Å². The number of carbonyl (C=O) groups excluding carboxylic acids is 2. The zero-order valence-electron chi connectivity index (χ0n) is 27.4. The van der Waals surface area contributed by atoms with Crippen LogP contribution in [0.4, 0.5) is 0 Å². The fourth-order valence-electron chi connectivity index (χ4n) is 6.34. The van der Waals surface area contributed by atoms with Gasteiger partial charge in [-0.25, -0.2) is 0 Å². The van der Waals surface area contributed by atoms with E-state index >= 15 is 0 Å². The topological polar surface area (TPSA) is 202 Å². The van der Waals surface area contributed by atoms with Crippen molar-refractivity contribution in [1.82, 2.24) is 29.7 Å². The van der Waals surface area contributed by atoms with E-state index in [4.69, 9.17) is 32.9 Å². The highest BCUT2D eigenvalue weighted by Crippen LogP contribution is 2.34. The van der Waals surface area contributed by atoms with Crippen molar-refractivity contribution in [2.75, 3.05) is 52.4 Å². The Morgan fingerprint density at radius 3 is 1.30 bits per heavy atom. The largest absolute Gasteiger partial charge is 0.355 e. The van der Waals surface area contributed by atoms with Crippen LogP contribution in [0.2, 0.25) is 0 Å². The molecule has 12 nitrogen and oxygen atoms in total. The normalized spacial score (nSPS) is 15.1. The number of nitrogens with two attached hydrogens (primary N) is 4. The number of nitrogens with one attached hydrogen (secondary N) is 2. The Labute approximate surface area is 269 Å². The number of fused-ring (bicyclic) bond motifs is 8. The fraction of sp³-hybridized carbons (Fsp3) is 0.471. The predicted octanol–water partition coefficient (Wildman–Crippen LogP) is 2.07. The van der Waals surface area contributed by atoms with Gasteiger partial charge in [-0.1, -0.05) is 27.7 Å². The van der Waals surface area contributed by atoms with E-state index in [0.717, 1.165) is 33.8 Å². The Morgan fingerprint density at radius 1 is 0.630 bits per heavy atom. The van der Waals surface area contributed by atoms with Crippen LogP contribution in [0.5, 0.6) is 0 Å². The minimum absolute atomic E-state index is 0.132. The third kappa shape index (κ3) is 6.85. The van der Waals surface area contributed by atoms with Gasteiger partial charge in [-0.15, -0.1) is 0 Å². The van der Waals surface area contributed by atoms with E-state index in [2.05, 4.69) is 37.7 Å². The molecule has 0 radical (unpaired) electrons. The Morgan fingerprint density at radius 2 is 0.978 bits per heavy atom. The smallest absolute Gasteiger partial charge is 0.256 e. The van der Waals surface area contributed by atoms with Gasteiger partial charge in [0, 0.05) is 110 Å². The van der Waals surface area contributed by atoms with Crippen molar-refractivity contribution in [1.29, 1.82) is 0 Å². The number of amides is 2. The summed E-state index contributed by atoms with van der Waals surface area (Å²) in [5.41, 5.74) is 30.2. The monoisotopic (exact) mass is 628 g/mol. The van der Waals surface area contributed by atoms with Crippen molar-refractivity contribution < 1.29 is 9.59 Å². The summed E-state index contributed by atoms with van der Waals surface area (Å²) in [4.78, 5) is 48.0. The number of aromatic amines is 2. The predicted molar refractivity (Wildman–Crippen MR) is 182 cm³/mol. The number of hydrogen-bond acceptors (Lipinski definition) is 8. The lowest BCUT2D eigenvalue weighted by molar-refractivity contribution is 0.0760. The second-order valence-electron chi connectivity index (χ2n) is 13.5. The van der Waals surface area contributed by atoms with Crippen LogP contribution in [0.3, 0.4) is 0 Å². The number of hydrogen-bond donors (Lipinski definition) is 6. The maximum absolute atomic E-state index is 13.8. The fourth-order valence-corrected chi connectivity index (χ4v) is 6.34. The van der Waals surface area contributed by atoms with Crippen LogP contribution in [-0.2, 0) is 23.7 Å². The highest BCUT2D eigenvalue weighted by molar-refractivity contribution is 6.03. The van der Waals surface area contributed by atoms with Gasteiger partial charge in [-0.2, -0.15) is 0 Å². The molecule has 246 valence electrons. The van der Waals surface area contributed by atoms with Crippen molar-refractivity contribution in [2.24, 2.45) is 22.9 Å². The summed E-state index contributed by atoms with van der Waals surface area (Å²) in [7, 11) is 0. The molecule has 2 amide bonds. The Bertz CT molecular complexity index is 1630. The van der Waals surface area contributed by atoms with Gasteiger partial charge in [-0.05, 0) is 36.4 Å². The van der Waals surface area contributed by atoms with Gasteiger partial charge in [0.15, 0.2) is 0 Å². The molecule has 10 N–H and O–H groups in total. The van der Waals surface area contributed by atoms with Gasteiger partial charge in [0.25, 0.3) is 11.8 Å². The van der Waals surface area contributed by atoms with Crippen LogP contribution in [0.15, 0.2) is 36.4 Å². The molecule has 0 saturated heterocycles. The molecule has 3 aromatic rings. The van der Waals surface area contributed by atoms with E-state index in [1.54, 1.807) is 9.80 Å². The molecule has 0 fully saturated rings. The van der Waals surface area contributed by atoms with Crippen molar-refractivity contribution in [2.45, 2.75) is 51.4 Å². The molecule has 0 atom stereocenters. The van der Waals surface area contributed by atoms with Crippen LogP contribution in [0.25, 0.3) is 22.1 Å². The maximum Gasteiger partial charge on any atom is 0.256 e. The molecule has 5 rings (SSSR count). The van der Waals surface area contributed by atoms with Crippen molar-refractivity contribution >= 4 is 33.9 Å². The third-order valence-corrected chi connectivity index (χ3v) is 8.74. The van der Waals surface area contributed by atoms with E-state index in [1.165, 1.54) is 0 Å². The van der Waals surface area contributed by atoms with Gasteiger partial charge in [0.1, 0.15) is 0 Å². The van der Waals surface area contributed by atoms with Gasteiger partial charge < -0.3 is 42.7 Å². The molecule has 3 aromatic heterocycles. The van der Waals surface area contributed by atoms with Crippen molar-refractivity contribution in [3.8, 4) is 0 Å². The maximum atomic E-state index is 13.8. The molecule has 8 bridgehead atoms. The minimum atomic E-state index is -0.288. The summed E-state index contributed by atoms with van der Waals surface area (Å²) >= 11 is 0. The summed E-state index contributed by atoms with van der Waals surface area (Å²) in [6.07, 6.45) is 1.34. The molecule has 2 aliphatic heterocycles. The molecule has 0 spiro atoms. The molecule has 2 aliphatic rings. The Kier molecular flexibility index (Phi) is 9.64. The van der Waals surface area contributed by atoms with Crippen molar-refractivity contribution in [3.63, 3.8) is 0 Å². The summed E-state index contributed by atoms with van der Waals surface area (Å²) in [6.45, 7) is 11.6. The van der Waals surface area contributed by atoms with Crippen LogP contribution in [0.1, 0.15) is 71.2 Å². The molecule has 0 aliphatic carbocycles. The first kappa shape index (κ1) is 33.3. The molecule has 0 saturated carbocycles. The number of aromatic nitrogens is 4. The number of nitrogens with zero attached hydrogens (tertiary/aromatic N) is 4. The van der Waals surface area contributed by atoms with Crippen LogP contribution < -0.4 is 22.9 Å². The summed E-state index contributed by atoms with van der Waals surface area (Å²) in [5, 5.41) is 0. The molecule has 0 unspecified atom stereocenters. The van der Waals surface area contributed by atoms with E-state index in [0.29, 0.717) is 87.4 Å². The molecule has 0 aromatic carbocycles. The summed E-state index contributed by atoms with van der Waals surface area (Å²) < 4.78 is 0. The molecule has 5 heterocycles. The van der Waals surface area contributed by atoms with Crippen LogP contribution in [-0.4, -0.2) is 93.9 Å². The van der Waals surface area contributed by atoms with E-state index < -0.39 is 0 Å². The summed E-state index contributed by atoms with van der Waals surface area (Å²) in [6, 6.07) is 11.7. The van der Waals surface area contributed by atoms with Gasteiger partial charge in [-0.3, -0.25) is 19.6 Å². The first-order valence-electron chi connectivity index (χ1n) is 16.0. The number of rotatable bonds is 10. The minimum Gasteiger partial charge on any atom is -0.355 e. The van der Waals surface area contributed by atoms with Crippen LogP contribution in [0, 0.1) is 0 Å². The zero-order valence-corrected chi connectivity index (χ0v) is 27.4. The van der Waals surface area contributed by atoms with Crippen molar-refractivity contribution in [3.05, 3.63) is 70.3 Å². The quantitative estimate of drug-likeness (QED) is 0.196. The molecular weight excluding hydrogens is 580 g/mol. The average molecular weight is 629 g/mol. The van der Waals surface area contributed by atoms with Gasteiger partial charge >= 0.3 is 0 Å². The van der Waals surface area contributed by atoms with E-state index in [9.17, 15) is 9.59 Å². The van der Waals surface area contributed by atoms with Gasteiger partial charge in [0.2, 0.25) is 0 Å². The highest BCUT2D eigenvalue weighted by Gasteiger charge is 2.31. The Balaban J connectivity index is 1.80. The number of H-pyrrole nitrogens is 2. The Hall–Kier alpha value is -4.10.